The molecule has 0 saturated heterocycles. The molecule has 0 unspecified atom stereocenters. The van der Waals surface area contributed by atoms with Gasteiger partial charge in [-0.05, 0) is 43.3 Å². The van der Waals surface area contributed by atoms with Gasteiger partial charge in [-0.3, -0.25) is 4.79 Å². The number of ether oxygens (including phenoxy) is 4. The summed E-state index contributed by atoms with van der Waals surface area (Å²) in [5, 5.41) is 11.4. The second kappa shape index (κ2) is 8.77. The molecule has 1 N–H and O–H groups in total. The third-order valence-electron chi connectivity index (χ3n) is 3.80. The van der Waals surface area contributed by atoms with Crippen LogP contribution in [0.4, 0.5) is 5.69 Å². The van der Waals surface area contributed by atoms with Crippen molar-refractivity contribution < 1.29 is 28.5 Å². The Morgan fingerprint density at radius 2 is 1.86 bits per heavy atom. The number of nitriles is 1. The van der Waals surface area contributed by atoms with Crippen molar-refractivity contribution in [2.45, 2.75) is 13.0 Å². The maximum Gasteiger partial charge on any atom is 0.347 e. The van der Waals surface area contributed by atoms with Gasteiger partial charge in [0.2, 0.25) is 0 Å². The lowest BCUT2D eigenvalue weighted by molar-refractivity contribution is -0.153. The lowest BCUT2D eigenvalue weighted by Crippen LogP contribution is -2.29. The van der Waals surface area contributed by atoms with Crippen LogP contribution in [0.3, 0.4) is 0 Å². The van der Waals surface area contributed by atoms with E-state index in [-0.39, 0.29) is 0 Å². The first-order chi connectivity index (χ1) is 13.5. The van der Waals surface area contributed by atoms with Gasteiger partial charge in [-0.1, -0.05) is 0 Å². The number of amides is 1. The third kappa shape index (κ3) is 4.92. The Hall–Kier alpha value is -3.73. The van der Waals surface area contributed by atoms with Gasteiger partial charge in [-0.25, -0.2) is 4.79 Å². The summed E-state index contributed by atoms with van der Waals surface area (Å²) in [4.78, 5) is 24.0. The van der Waals surface area contributed by atoms with Crippen LogP contribution in [0.25, 0.3) is 0 Å². The van der Waals surface area contributed by atoms with Gasteiger partial charge in [0, 0.05) is 11.8 Å². The largest absolute Gasteiger partial charge is 0.486 e. The minimum absolute atomic E-state index is 0.421. The number of fused-ring (bicyclic) bond motifs is 1. The number of hydrogen-bond acceptors (Lipinski definition) is 7. The van der Waals surface area contributed by atoms with E-state index in [9.17, 15) is 9.59 Å². The van der Waals surface area contributed by atoms with Crippen molar-refractivity contribution in [3.63, 3.8) is 0 Å². The number of anilines is 1. The van der Waals surface area contributed by atoms with Gasteiger partial charge in [0.15, 0.2) is 24.2 Å². The summed E-state index contributed by atoms with van der Waals surface area (Å²) >= 11 is 0. The smallest absolute Gasteiger partial charge is 0.347 e. The Balaban J connectivity index is 1.46. The number of esters is 1. The van der Waals surface area contributed by atoms with E-state index < -0.39 is 24.6 Å². The molecule has 2 aromatic rings. The number of nitrogens with zero attached hydrogens (tertiary/aromatic N) is 1. The number of carbonyl (C=O) groups excluding carboxylic acids is 2. The van der Waals surface area contributed by atoms with Crippen molar-refractivity contribution in [1.82, 2.24) is 0 Å². The summed E-state index contributed by atoms with van der Waals surface area (Å²) in [6.45, 7) is 1.99. The normalized spacial score (nSPS) is 13.0. The van der Waals surface area contributed by atoms with Crippen LogP contribution < -0.4 is 19.5 Å². The van der Waals surface area contributed by atoms with E-state index in [0.717, 1.165) is 0 Å². The fraction of sp³-hybridized carbons (Fsp3) is 0.250. The van der Waals surface area contributed by atoms with E-state index in [2.05, 4.69) is 5.32 Å². The molecule has 28 heavy (non-hydrogen) atoms. The highest BCUT2D eigenvalue weighted by atomic mass is 16.6. The fourth-order valence-corrected chi connectivity index (χ4v) is 2.43. The molecule has 1 aliphatic heterocycles. The number of hydrogen-bond donors (Lipinski definition) is 1. The molecule has 0 fully saturated rings. The molecule has 1 aliphatic rings. The summed E-state index contributed by atoms with van der Waals surface area (Å²) in [5.41, 5.74) is 0.991. The van der Waals surface area contributed by atoms with Crippen molar-refractivity contribution >= 4 is 17.6 Å². The van der Waals surface area contributed by atoms with Crippen LogP contribution in [-0.2, 0) is 14.3 Å². The Labute approximate surface area is 161 Å². The van der Waals surface area contributed by atoms with Gasteiger partial charge in [0.25, 0.3) is 5.91 Å². The van der Waals surface area contributed by atoms with Crippen LogP contribution in [0.2, 0.25) is 0 Å². The Kier molecular flexibility index (Phi) is 5.97. The quantitative estimate of drug-likeness (QED) is 0.764. The molecule has 1 amide bonds. The van der Waals surface area contributed by atoms with E-state index in [1.54, 1.807) is 42.5 Å². The topological polar surface area (TPSA) is 107 Å². The highest BCUT2D eigenvalue weighted by molar-refractivity contribution is 5.93. The molecule has 0 aliphatic carbocycles. The summed E-state index contributed by atoms with van der Waals surface area (Å²) in [7, 11) is 0. The molecule has 3 rings (SSSR count). The molecule has 1 heterocycles. The van der Waals surface area contributed by atoms with Crippen LogP contribution in [0.5, 0.6) is 17.2 Å². The summed E-state index contributed by atoms with van der Waals surface area (Å²) in [6, 6.07) is 13.3. The maximum atomic E-state index is 12.0. The lowest BCUT2D eigenvalue weighted by Gasteiger charge is -2.19. The Morgan fingerprint density at radius 1 is 1.14 bits per heavy atom. The number of benzene rings is 2. The minimum Gasteiger partial charge on any atom is -0.486 e. The first kappa shape index (κ1) is 19.0. The maximum absolute atomic E-state index is 12.0. The minimum atomic E-state index is -0.907. The molecule has 0 aromatic heterocycles. The van der Waals surface area contributed by atoms with E-state index >= 15 is 0 Å². The molecular formula is C20H18N2O6. The fourth-order valence-electron chi connectivity index (χ4n) is 2.43. The highest BCUT2D eigenvalue weighted by Gasteiger charge is 2.18. The molecular weight excluding hydrogens is 364 g/mol. The highest BCUT2D eigenvalue weighted by Crippen LogP contribution is 2.32. The summed E-state index contributed by atoms with van der Waals surface area (Å²) in [5.74, 6) is 0.413. The first-order valence-electron chi connectivity index (χ1n) is 8.58. The average molecular weight is 382 g/mol. The Bertz CT molecular complexity index is 904. The van der Waals surface area contributed by atoms with Crippen LogP contribution in [0, 0.1) is 11.3 Å². The van der Waals surface area contributed by atoms with Crippen molar-refractivity contribution in [2.24, 2.45) is 0 Å². The Morgan fingerprint density at radius 3 is 2.57 bits per heavy atom. The van der Waals surface area contributed by atoms with Crippen LogP contribution >= 0.6 is 0 Å². The molecule has 1 atom stereocenters. The number of nitrogens with one attached hydrogen (secondary N) is 1. The molecule has 2 aromatic carbocycles. The van der Waals surface area contributed by atoms with E-state index in [1.165, 1.54) is 6.92 Å². The second-order valence-electron chi connectivity index (χ2n) is 5.91. The zero-order valence-electron chi connectivity index (χ0n) is 15.1. The predicted molar refractivity (Wildman–Crippen MR) is 98.3 cm³/mol. The predicted octanol–water partition coefficient (Wildman–Crippen LogP) is 2.28. The van der Waals surface area contributed by atoms with Gasteiger partial charge >= 0.3 is 5.97 Å². The van der Waals surface area contributed by atoms with Crippen LogP contribution in [0.15, 0.2) is 42.5 Å². The van der Waals surface area contributed by atoms with Crippen LogP contribution in [0.1, 0.15) is 12.5 Å². The molecule has 8 heteroatoms. The molecule has 8 nitrogen and oxygen atoms in total. The van der Waals surface area contributed by atoms with Crippen molar-refractivity contribution in [1.29, 1.82) is 5.26 Å². The molecule has 0 radical (unpaired) electrons. The second-order valence-corrected chi connectivity index (χ2v) is 5.91. The summed E-state index contributed by atoms with van der Waals surface area (Å²) in [6.07, 6.45) is -0.907. The average Bonchev–Trinajstić information content (AvgIpc) is 2.72. The van der Waals surface area contributed by atoms with E-state index in [4.69, 9.17) is 24.2 Å². The van der Waals surface area contributed by atoms with Gasteiger partial charge < -0.3 is 24.3 Å². The van der Waals surface area contributed by atoms with Gasteiger partial charge in [-0.15, -0.1) is 0 Å². The van der Waals surface area contributed by atoms with Crippen molar-refractivity contribution in [2.75, 3.05) is 25.1 Å². The molecule has 144 valence electrons. The zero-order chi connectivity index (χ0) is 19.9. The van der Waals surface area contributed by atoms with Crippen molar-refractivity contribution in [3.8, 4) is 23.3 Å². The van der Waals surface area contributed by atoms with E-state index in [0.29, 0.717) is 41.7 Å². The number of rotatable bonds is 6. The number of carbonyl (C=O) groups is 2. The zero-order valence-corrected chi connectivity index (χ0v) is 15.1. The van der Waals surface area contributed by atoms with Gasteiger partial charge in [0.05, 0.1) is 11.6 Å². The standard InChI is InChI=1S/C20H18N2O6/c1-13(28-16-5-2-14(11-21)3-6-16)20(24)27-12-19(23)22-15-4-7-17-18(10-15)26-9-8-25-17/h2-7,10,13H,8-9,12H2,1H3,(H,22,23)/t13-/m1/s1. The SMILES string of the molecule is C[C@@H](Oc1ccc(C#N)cc1)C(=O)OCC(=O)Nc1ccc2c(c1)OCCO2. The van der Waals surface area contributed by atoms with Gasteiger partial charge in [0.1, 0.15) is 19.0 Å². The molecule has 0 bridgehead atoms. The monoisotopic (exact) mass is 382 g/mol. The lowest BCUT2D eigenvalue weighted by atomic mass is 10.2. The summed E-state index contributed by atoms with van der Waals surface area (Å²) < 4.78 is 21.3. The third-order valence-corrected chi connectivity index (χ3v) is 3.80. The van der Waals surface area contributed by atoms with Crippen molar-refractivity contribution in [3.05, 3.63) is 48.0 Å². The van der Waals surface area contributed by atoms with Gasteiger partial charge in [-0.2, -0.15) is 5.26 Å². The van der Waals surface area contributed by atoms with Crippen LogP contribution in [-0.4, -0.2) is 37.8 Å². The molecule has 0 saturated carbocycles. The first-order valence-corrected chi connectivity index (χ1v) is 8.58. The van der Waals surface area contributed by atoms with E-state index in [1.807, 2.05) is 6.07 Å². The molecule has 0 spiro atoms.